The highest BCUT2D eigenvalue weighted by Gasteiger charge is 2.20. The molecule has 33 heavy (non-hydrogen) atoms. The van der Waals surface area contributed by atoms with Crippen molar-refractivity contribution < 1.29 is 14.0 Å². The summed E-state index contributed by atoms with van der Waals surface area (Å²) in [6.45, 7) is 2.25. The molecule has 0 atom stereocenters. The van der Waals surface area contributed by atoms with Crippen LogP contribution in [-0.4, -0.2) is 24.9 Å². The molecule has 0 unspecified atom stereocenters. The fourth-order valence-electron chi connectivity index (χ4n) is 4.07. The molecule has 0 spiro atoms. The molecule has 1 heterocycles. The summed E-state index contributed by atoms with van der Waals surface area (Å²) in [6, 6.07) is 21.1. The molecule has 3 aromatic carbocycles. The fraction of sp³-hybridized carbons (Fsp3) is 0.259. The number of anilines is 2. The van der Waals surface area contributed by atoms with Gasteiger partial charge >= 0.3 is 0 Å². The average molecular weight is 446 g/mol. The summed E-state index contributed by atoms with van der Waals surface area (Å²) in [5.74, 6) is -0.726. The van der Waals surface area contributed by atoms with Gasteiger partial charge in [0.25, 0.3) is 5.91 Å². The van der Waals surface area contributed by atoms with E-state index in [0.717, 1.165) is 42.7 Å². The third-order valence-electron chi connectivity index (χ3n) is 5.80. The lowest BCUT2D eigenvalue weighted by Crippen LogP contribution is -2.32. The molecule has 0 radical (unpaired) electrons. The van der Waals surface area contributed by atoms with Crippen LogP contribution in [0.5, 0.6) is 0 Å². The van der Waals surface area contributed by atoms with Gasteiger partial charge in [0.15, 0.2) is 0 Å². The Morgan fingerprint density at radius 1 is 0.848 bits per heavy atom. The highest BCUT2D eigenvalue weighted by atomic mass is 19.1. The van der Waals surface area contributed by atoms with Crippen molar-refractivity contribution in [3.05, 3.63) is 95.3 Å². The number of carbonyl (C=O) groups is 2. The number of halogens is 1. The number of carbonyl (C=O) groups excluding carboxylic acids is 2. The zero-order valence-corrected chi connectivity index (χ0v) is 18.5. The van der Waals surface area contributed by atoms with E-state index in [1.165, 1.54) is 18.6 Å². The van der Waals surface area contributed by atoms with E-state index in [0.29, 0.717) is 17.8 Å². The zero-order valence-electron chi connectivity index (χ0n) is 18.5. The van der Waals surface area contributed by atoms with Gasteiger partial charge in [-0.3, -0.25) is 9.59 Å². The number of rotatable bonds is 7. The number of hydrogen-bond donors (Lipinski definition) is 2. The first-order valence-electron chi connectivity index (χ1n) is 11.3. The number of hydrogen-bond acceptors (Lipinski definition) is 3. The van der Waals surface area contributed by atoms with Crippen LogP contribution in [0.25, 0.3) is 0 Å². The standard InChI is InChI=1S/C27H28FN3O2/c28-22-11-9-20(10-12-22)17-26(32)30-23-13-14-25(31-15-5-2-6-16-31)24(18-23)27(33)29-19-21-7-3-1-4-8-21/h1,3-4,7-14,18H,2,5-6,15-17,19H2,(H,29,33)(H,30,32). The van der Waals surface area contributed by atoms with Crippen molar-refractivity contribution in [1.29, 1.82) is 0 Å². The van der Waals surface area contributed by atoms with E-state index in [1.54, 1.807) is 18.2 Å². The summed E-state index contributed by atoms with van der Waals surface area (Å²) < 4.78 is 13.1. The second-order valence-corrected chi connectivity index (χ2v) is 8.30. The average Bonchev–Trinajstić information content (AvgIpc) is 2.85. The number of nitrogens with one attached hydrogen (secondary N) is 2. The lowest BCUT2D eigenvalue weighted by molar-refractivity contribution is -0.115. The second-order valence-electron chi connectivity index (χ2n) is 8.30. The summed E-state index contributed by atoms with van der Waals surface area (Å²) in [4.78, 5) is 27.9. The molecular formula is C27H28FN3O2. The number of nitrogens with zero attached hydrogens (tertiary/aromatic N) is 1. The van der Waals surface area contributed by atoms with Crippen molar-refractivity contribution in [2.45, 2.75) is 32.2 Å². The van der Waals surface area contributed by atoms with Gasteiger partial charge in [0.05, 0.1) is 12.0 Å². The molecule has 0 aromatic heterocycles. The fourth-order valence-corrected chi connectivity index (χ4v) is 4.07. The normalized spacial score (nSPS) is 13.4. The van der Waals surface area contributed by atoms with E-state index < -0.39 is 0 Å². The summed E-state index contributed by atoms with van der Waals surface area (Å²) in [5.41, 5.74) is 3.74. The summed E-state index contributed by atoms with van der Waals surface area (Å²) in [7, 11) is 0. The van der Waals surface area contributed by atoms with E-state index in [9.17, 15) is 14.0 Å². The van der Waals surface area contributed by atoms with Gasteiger partial charge in [0, 0.05) is 31.0 Å². The Bertz CT molecular complexity index is 1090. The van der Waals surface area contributed by atoms with Crippen LogP contribution in [0.15, 0.2) is 72.8 Å². The monoisotopic (exact) mass is 445 g/mol. The van der Waals surface area contributed by atoms with Gasteiger partial charge in [-0.25, -0.2) is 4.39 Å². The molecule has 5 nitrogen and oxygen atoms in total. The van der Waals surface area contributed by atoms with Crippen LogP contribution < -0.4 is 15.5 Å². The molecule has 3 aromatic rings. The van der Waals surface area contributed by atoms with Crippen molar-refractivity contribution in [3.8, 4) is 0 Å². The minimum absolute atomic E-state index is 0.129. The summed E-state index contributed by atoms with van der Waals surface area (Å²) in [6.07, 6.45) is 3.52. The van der Waals surface area contributed by atoms with Gasteiger partial charge in [0.1, 0.15) is 5.82 Å². The van der Waals surface area contributed by atoms with Crippen molar-refractivity contribution in [1.82, 2.24) is 5.32 Å². The molecule has 1 fully saturated rings. The summed E-state index contributed by atoms with van der Waals surface area (Å²) in [5, 5.41) is 5.88. The van der Waals surface area contributed by atoms with E-state index in [1.807, 2.05) is 42.5 Å². The highest BCUT2D eigenvalue weighted by Crippen LogP contribution is 2.27. The topological polar surface area (TPSA) is 61.4 Å². The van der Waals surface area contributed by atoms with Crippen LogP contribution in [0.2, 0.25) is 0 Å². The van der Waals surface area contributed by atoms with E-state index in [4.69, 9.17) is 0 Å². The highest BCUT2D eigenvalue weighted by molar-refractivity contribution is 6.02. The molecular weight excluding hydrogens is 417 g/mol. The molecule has 170 valence electrons. The third-order valence-corrected chi connectivity index (χ3v) is 5.80. The van der Waals surface area contributed by atoms with E-state index >= 15 is 0 Å². The predicted molar refractivity (Wildman–Crippen MR) is 129 cm³/mol. The lowest BCUT2D eigenvalue weighted by atomic mass is 10.1. The Kier molecular flexibility index (Phi) is 7.35. The second kappa shape index (κ2) is 10.8. The molecule has 1 aliphatic rings. The van der Waals surface area contributed by atoms with Crippen LogP contribution in [0, 0.1) is 5.82 Å². The van der Waals surface area contributed by atoms with Crippen molar-refractivity contribution >= 4 is 23.2 Å². The maximum absolute atomic E-state index is 13.2. The first-order valence-corrected chi connectivity index (χ1v) is 11.3. The predicted octanol–water partition coefficient (Wildman–Crippen LogP) is 4.93. The Morgan fingerprint density at radius 2 is 1.58 bits per heavy atom. The van der Waals surface area contributed by atoms with Gasteiger partial charge < -0.3 is 15.5 Å². The zero-order chi connectivity index (χ0) is 23.0. The van der Waals surface area contributed by atoms with Gasteiger partial charge in [-0.2, -0.15) is 0 Å². The summed E-state index contributed by atoms with van der Waals surface area (Å²) >= 11 is 0. The SMILES string of the molecule is O=C(Cc1ccc(F)cc1)Nc1ccc(N2CCCCC2)c(C(=O)NCc2ccccc2)c1. The molecule has 1 aliphatic heterocycles. The van der Waals surface area contributed by atoms with Crippen molar-refractivity contribution in [3.63, 3.8) is 0 Å². The van der Waals surface area contributed by atoms with Gasteiger partial charge in [-0.05, 0) is 60.7 Å². The first-order chi connectivity index (χ1) is 16.1. The third kappa shape index (κ3) is 6.19. The van der Waals surface area contributed by atoms with Gasteiger partial charge in [-0.1, -0.05) is 42.5 Å². The smallest absolute Gasteiger partial charge is 0.253 e. The minimum Gasteiger partial charge on any atom is -0.371 e. The molecule has 2 amide bonds. The Hall–Kier alpha value is -3.67. The molecule has 4 rings (SSSR count). The van der Waals surface area contributed by atoms with Gasteiger partial charge in [0.2, 0.25) is 5.91 Å². The molecule has 0 aliphatic carbocycles. The molecule has 1 saturated heterocycles. The Balaban J connectivity index is 1.51. The van der Waals surface area contributed by atoms with Crippen LogP contribution >= 0.6 is 0 Å². The number of amides is 2. The number of benzene rings is 3. The first kappa shape index (κ1) is 22.5. The maximum atomic E-state index is 13.2. The minimum atomic E-state index is -0.335. The van der Waals surface area contributed by atoms with Crippen LogP contribution in [-0.2, 0) is 17.8 Å². The molecule has 0 saturated carbocycles. The Morgan fingerprint density at radius 3 is 2.30 bits per heavy atom. The molecule has 2 N–H and O–H groups in total. The lowest BCUT2D eigenvalue weighted by Gasteiger charge is -2.30. The van der Waals surface area contributed by atoms with E-state index in [2.05, 4.69) is 15.5 Å². The van der Waals surface area contributed by atoms with Crippen LogP contribution in [0.1, 0.15) is 40.7 Å². The van der Waals surface area contributed by atoms with Crippen molar-refractivity contribution in [2.24, 2.45) is 0 Å². The van der Waals surface area contributed by atoms with E-state index in [-0.39, 0.29) is 24.1 Å². The van der Waals surface area contributed by atoms with Crippen LogP contribution in [0.3, 0.4) is 0 Å². The van der Waals surface area contributed by atoms with Crippen LogP contribution in [0.4, 0.5) is 15.8 Å². The number of piperidine rings is 1. The molecule has 0 bridgehead atoms. The Labute approximate surface area is 193 Å². The maximum Gasteiger partial charge on any atom is 0.253 e. The van der Waals surface area contributed by atoms with Gasteiger partial charge in [-0.15, -0.1) is 0 Å². The quantitative estimate of drug-likeness (QED) is 0.542. The molecule has 6 heteroatoms. The largest absolute Gasteiger partial charge is 0.371 e. The van der Waals surface area contributed by atoms with Crippen molar-refractivity contribution in [2.75, 3.05) is 23.3 Å².